The maximum Gasteiger partial charge on any atom is 0.326 e. The van der Waals surface area contributed by atoms with Gasteiger partial charge < -0.3 is 20.5 Å². The van der Waals surface area contributed by atoms with Crippen molar-refractivity contribution in [1.29, 1.82) is 0 Å². The Labute approximate surface area is 212 Å². The first-order valence-corrected chi connectivity index (χ1v) is 12.9. The molecule has 10 heteroatoms. The van der Waals surface area contributed by atoms with Gasteiger partial charge in [0.05, 0.1) is 4.60 Å². The number of nitrogens with one attached hydrogen (secondary N) is 2. The summed E-state index contributed by atoms with van der Waals surface area (Å²) in [7, 11) is 0. The Bertz CT molecular complexity index is 1130. The van der Waals surface area contributed by atoms with Crippen molar-refractivity contribution in [2.45, 2.75) is 62.9 Å². The molecule has 0 spiro atoms. The molecule has 1 aliphatic carbocycles. The number of fused-ring (bicyclic) bond motifs is 1. The minimum Gasteiger partial charge on any atom is -0.480 e. The third-order valence-electron chi connectivity index (χ3n) is 6.56. The van der Waals surface area contributed by atoms with E-state index in [1.165, 1.54) is 16.2 Å². The zero-order chi connectivity index (χ0) is 24.8. The van der Waals surface area contributed by atoms with Crippen LogP contribution in [-0.2, 0) is 32.7 Å². The fraction of sp³-hybridized carbons (Fsp3) is 0.520. The van der Waals surface area contributed by atoms with E-state index in [0.717, 1.165) is 50.2 Å². The fourth-order valence-electron chi connectivity index (χ4n) is 4.42. The van der Waals surface area contributed by atoms with E-state index in [1.807, 2.05) is 0 Å². The van der Waals surface area contributed by atoms with E-state index in [1.54, 1.807) is 12.1 Å². The lowest BCUT2D eigenvalue weighted by Crippen LogP contribution is -2.50. The van der Waals surface area contributed by atoms with Gasteiger partial charge in [-0.05, 0) is 78.6 Å². The molecule has 4 rings (SSSR count). The van der Waals surface area contributed by atoms with E-state index in [4.69, 9.17) is 9.72 Å². The standard InChI is InChI=1S/C25H31BrN4O5/c26-20-7-3-8-21(31)30(20)25(12-13-25)24(34)29-19(23(32)33)11-16-35-15-2-1-6-18-10-9-17-5-4-14-27-22(17)28-18/h3,7-10,19H,1-2,4-6,11-16H2,(H,27,28)(H,29,34)(H,32,33). The van der Waals surface area contributed by atoms with Crippen LogP contribution in [0.4, 0.5) is 5.82 Å². The average molecular weight is 547 g/mol. The van der Waals surface area contributed by atoms with Gasteiger partial charge in [0, 0.05) is 37.9 Å². The number of carbonyl (C=O) groups excluding carboxylic acids is 1. The highest BCUT2D eigenvalue weighted by Gasteiger charge is 2.53. The predicted molar refractivity (Wildman–Crippen MR) is 135 cm³/mol. The molecule has 0 aromatic carbocycles. The van der Waals surface area contributed by atoms with Crippen molar-refractivity contribution in [3.8, 4) is 0 Å². The van der Waals surface area contributed by atoms with E-state index in [0.29, 0.717) is 24.1 Å². The molecule has 188 valence electrons. The number of hydrogen-bond acceptors (Lipinski definition) is 6. The maximum atomic E-state index is 12.9. The highest BCUT2D eigenvalue weighted by atomic mass is 79.9. The smallest absolute Gasteiger partial charge is 0.326 e. The molecule has 2 aromatic heterocycles. The van der Waals surface area contributed by atoms with Crippen LogP contribution < -0.4 is 16.2 Å². The summed E-state index contributed by atoms with van der Waals surface area (Å²) < 4.78 is 7.53. The van der Waals surface area contributed by atoms with Crippen molar-refractivity contribution < 1.29 is 19.4 Å². The molecule has 0 radical (unpaired) electrons. The van der Waals surface area contributed by atoms with Gasteiger partial charge in [0.25, 0.3) is 5.56 Å². The number of hydrogen-bond donors (Lipinski definition) is 3. The van der Waals surface area contributed by atoms with Gasteiger partial charge in [-0.2, -0.15) is 0 Å². The molecule has 1 aliphatic heterocycles. The van der Waals surface area contributed by atoms with Crippen molar-refractivity contribution in [2.24, 2.45) is 0 Å². The molecule has 0 saturated heterocycles. The Balaban J connectivity index is 1.19. The largest absolute Gasteiger partial charge is 0.480 e. The van der Waals surface area contributed by atoms with Crippen LogP contribution >= 0.6 is 15.9 Å². The lowest BCUT2D eigenvalue weighted by molar-refractivity contribution is -0.143. The molecule has 1 fully saturated rings. The molecule has 1 atom stereocenters. The molecular weight excluding hydrogens is 516 g/mol. The number of carboxylic acid groups (broad SMARTS) is 1. The molecule has 3 heterocycles. The van der Waals surface area contributed by atoms with Crippen LogP contribution in [0, 0.1) is 0 Å². The van der Waals surface area contributed by atoms with E-state index in [9.17, 15) is 19.5 Å². The number of carbonyl (C=O) groups is 2. The summed E-state index contributed by atoms with van der Waals surface area (Å²) in [4.78, 5) is 41.7. The molecule has 9 nitrogen and oxygen atoms in total. The van der Waals surface area contributed by atoms with Gasteiger partial charge in [-0.25, -0.2) is 9.78 Å². The van der Waals surface area contributed by atoms with Crippen LogP contribution in [-0.4, -0.2) is 52.3 Å². The van der Waals surface area contributed by atoms with Gasteiger partial charge in [0.2, 0.25) is 5.91 Å². The monoisotopic (exact) mass is 546 g/mol. The Kier molecular flexibility index (Phi) is 8.22. The van der Waals surface area contributed by atoms with Gasteiger partial charge in [-0.1, -0.05) is 12.1 Å². The lowest BCUT2D eigenvalue weighted by Gasteiger charge is -2.22. The number of pyridine rings is 2. The first-order chi connectivity index (χ1) is 16.9. The molecule has 35 heavy (non-hydrogen) atoms. The van der Waals surface area contributed by atoms with E-state index in [-0.39, 0.29) is 18.6 Å². The van der Waals surface area contributed by atoms with E-state index >= 15 is 0 Å². The average Bonchev–Trinajstić information content (AvgIpc) is 3.64. The zero-order valence-electron chi connectivity index (χ0n) is 19.6. The number of anilines is 1. The zero-order valence-corrected chi connectivity index (χ0v) is 21.2. The minimum atomic E-state index is -1.12. The molecule has 1 amide bonds. The predicted octanol–water partition coefficient (Wildman–Crippen LogP) is 2.85. The number of ether oxygens (including phenoxy) is 1. The summed E-state index contributed by atoms with van der Waals surface area (Å²) in [6, 6.07) is 7.84. The highest BCUT2D eigenvalue weighted by molar-refractivity contribution is 9.10. The SMILES string of the molecule is O=C(O)C(CCOCCCCc1ccc2c(n1)NCCC2)NC(=O)C1(n2c(Br)cccc2=O)CC1. The number of aromatic nitrogens is 2. The molecular formula is C25H31BrN4O5. The Morgan fingerprint density at radius 3 is 2.80 bits per heavy atom. The molecule has 0 bridgehead atoms. The van der Waals surface area contributed by atoms with Crippen LogP contribution in [0.25, 0.3) is 0 Å². The van der Waals surface area contributed by atoms with E-state index < -0.39 is 23.5 Å². The second-order valence-electron chi connectivity index (χ2n) is 9.12. The molecule has 3 N–H and O–H groups in total. The highest BCUT2D eigenvalue weighted by Crippen LogP contribution is 2.44. The fourth-order valence-corrected chi connectivity index (χ4v) is 5.09. The summed E-state index contributed by atoms with van der Waals surface area (Å²) in [5.74, 6) is -0.570. The number of carboxylic acids is 1. The first-order valence-electron chi connectivity index (χ1n) is 12.1. The van der Waals surface area contributed by atoms with Crippen LogP contribution in [0.2, 0.25) is 0 Å². The minimum absolute atomic E-state index is 0.153. The topological polar surface area (TPSA) is 123 Å². The Morgan fingerprint density at radius 1 is 1.23 bits per heavy atom. The number of aryl methyl sites for hydroxylation is 2. The quantitative estimate of drug-likeness (QED) is 0.276. The molecule has 1 unspecified atom stereocenters. The number of amides is 1. The Morgan fingerprint density at radius 2 is 2.06 bits per heavy atom. The van der Waals surface area contributed by atoms with Crippen LogP contribution in [0.3, 0.4) is 0 Å². The number of unbranched alkanes of at least 4 members (excludes halogenated alkanes) is 1. The number of rotatable bonds is 12. The van der Waals surface area contributed by atoms with Crippen LogP contribution in [0.15, 0.2) is 39.7 Å². The lowest BCUT2D eigenvalue weighted by atomic mass is 10.1. The van der Waals surface area contributed by atoms with Gasteiger partial charge in [-0.3, -0.25) is 14.2 Å². The van der Waals surface area contributed by atoms with Crippen LogP contribution in [0.1, 0.15) is 49.8 Å². The summed E-state index contributed by atoms with van der Waals surface area (Å²) in [5, 5.41) is 15.5. The van der Waals surface area contributed by atoms with Crippen LogP contribution in [0.5, 0.6) is 0 Å². The Hall–Kier alpha value is -2.72. The van der Waals surface area contributed by atoms with Crippen molar-refractivity contribution in [1.82, 2.24) is 14.9 Å². The number of halogens is 1. The number of nitrogens with zero attached hydrogens (tertiary/aromatic N) is 2. The van der Waals surface area contributed by atoms with Gasteiger partial charge in [-0.15, -0.1) is 0 Å². The maximum absolute atomic E-state index is 12.9. The summed E-state index contributed by atoms with van der Waals surface area (Å²) in [6.45, 7) is 1.71. The molecule has 1 saturated carbocycles. The second-order valence-corrected chi connectivity index (χ2v) is 9.93. The summed E-state index contributed by atoms with van der Waals surface area (Å²) in [5.41, 5.74) is 1.000. The normalized spacial score (nSPS) is 16.6. The van der Waals surface area contributed by atoms with Gasteiger partial charge in [0.15, 0.2) is 0 Å². The third kappa shape index (κ3) is 6.10. The molecule has 2 aliphatic rings. The third-order valence-corrected chi connectivity index (χ3v) is 7.18. The van der Waals surface area contributed by atoms with Gasteiger partial charge >= 0.3 is 5.97 Å². The van der Waals surface area contributed by atoms with Crippen molar-refractivity contribution >= 4 is 33.6 Å². The molecule has 2 aromatic rings. The number of aliphatic carboxylic acids is 1. The summed E-state index contributed by atoms with van der Waals surface area (Å²) >= 11 is 3.33. The van der Waals surface area contributed by atoms with E-state index in [2.05, 4.69) is 38.7 Å². The van der Waals surface area contributed by atoms with Crippen molar-refractivity contribution in [3.05, 3.63) is 56.5 Å². The van der Waals surface area contributed by atoms with Crippen molar-refractivity contribution in [3.63, 3.8) is 0 Å². The second kappa shape index (κ2) is 11.3. The first kappa shape index (κ1) is 25.4. The van der Waals surface area contributed by atoms with Gasteiger partial charge in [0.1, 0.15) is 17.4 Å². The van der Waals surface area contributed by atoms with Crippen molar-refractivity contribution in [2.75, 3.05) is 25.1 Å². The summed E-state index contributed by atoms with van der Waals surface area (Å²) in [6.07, 6.45) is 5.97.